The molecule has 3 rings (SSSR count). The van der Waals surface area contributed by atoms with Gasteiger partial charge in [0.25, 0.3) is 0 Å². The van der Waals surface area contributed by atoms with E-state index in [2.05, 4.69) is 17.1 Å². The second kappa shape index (κ2) is 4.65. The van der Waals surface area contributed by atoms with E-state index in [1.807, 2.05) is 18.2 Å². The zero-order chi connectivity index (χ0) is 14.3. The molecule has 2 aromatic carbocycles. The van der Waals surface area contributed by atoms with Gasteiger partial charge in [0.1, 0.15) is 17.3 Å². The van der Waals surface area contributed by atoms with Crippen molar-refractivity contribution >= 4 is 44.9 Å². The number of hydrogen-bond acceptors (Lipinski definition) is 3. The Labute approximate surface area is 124 Å². The van der Waals surface area contributed by atoms with Crippen molar-refractivity contribution in [2.45, 2.75) is 0 Å². The summed E-state index contributed by atoms with van der Waals surface area (Å²) >= 11 is 11.9. The van der Waals surface area contributed by atoms with E-state index >= 15 is 0 Å². The van der Waals surface area contributed by atoms with Gasteiger partial charge in [0.2, 0.25) is 0 Å². The number of rotatable bonds is 0. The minimum absolute atomic E-state index is 0.179. The Morgan fingerprint density at radius 2 is 1.50 bits per heavy atom. The lowest BCUT2D eigenvalue weighted by atomic mass is 9.95. The smallest absolute Gasteiger partial charge is 0.148 e. The molecule has 20 heavy (non-hydrogen) atoms. The quantitative estimate of drug-likeness (QED) is 0.455. The van der Waals surface area contributed by atoms with Crippen LogP contribution in [0.3, 0.4) is 0 Å². The van der Waals surface area contributed by atoms with E-state index < -0.39 is 0 Å². The Kier molecular flexibility index (Phi) is 2.95. The summed E-state index contributed by atoms with van der Waals surface area (Å²) < 4.78 is 0. The molecule has 0 fully saturated rings. The molecule has 5 heteroatoms. The molecule has 3 aromatic rings. The van der Waals surface area contributed by atoms with E-state index in [1.165, 1.54) is 0 Å². The third-order valence-corrected chi connectivity index (χ3v) is 3.80. The monoisotopic (exact) mass is 297 g/mol. The molecule has 0 aliphatic rings. The Bertz CT molecular complexity index is 949. The lowest BCUT2D eigenvalue weighted by molar-refractivity contribution is 1.41. The highest BCUT2D eigenvalue weighted by atomic mass is 35.5. The zero-order valence-corrected chi connectivity index (χ0v) is 11.5. The number of nitriles is 2. The molecule has 0 amide bonds. The largest absolute Gasteiger partial charge is 0.234 e. The first kappa shape index (κ1) is 12.7. The average Bonchev–Trinajstić information content (AvgIpc) is 2.47. The Morgan fingerprint density at radius 3 is 2.15 bits per heavy atom. The maximum atomic E-state index is 9.36. The van der Waals surface area contributed by atoms with Crippen molar-refractivity contribution in [3.63, 3.8) is 0 Å². The second-order valence-corrected chi connectivity index (χ2v) is 4.94. The first-order valence-electron chi connectivity index (χ1n) is 5.68. The molecular weight excluding hydrogens is 293 g/mol. The van der Waals surface area contributed by atoms with Gasteiger partial charge in [-0.15, -0.1) is 0 Å². The minimum Gasteiger partial charge on any atom is -0.234 e. The fourth-order valence-corrected chi connectivity index (χ4v) is 2.56. The van der Waals surface area contributed by atoms with Gasteiger partial charge in [0.15, 0.2) is 0 Å². The summed E-state index contributed by atoms with van der Waals surface area (Å²) in [7, 11) is 0. The van der Waals surface area contributed by atoms with Gasteiger partial charge in [-0.05, 0) is 6.07 Å². The van der Waals surface area contributed by atoms with E-state index in [0.717, 1.165) is 5.39 Å². The zero-order valence-electron chi connectivity index (χ0n) is 9.98. The van der Waals surface area contributed by atoms with Crippen LogP contribution in [-0.2, 0) is 0 Å². The third kappa shape index (κ3) is 1.69. The molecule has 0 spiro atoms. The Morgan fingerprint density at radius 1 is 0.900 bits per heavy atom. The van der Waals surface area contributed by atoms with Crippen LogP contribution in [0.15, 0.2) is 30.3 Å². The molecule has 94 valence electrons. The number of pyridine rings is 1. The molecule has 1 heterocycles. The van der Waals surface area contributed by atoms with E-state index in [4.69, 9.17) is 23.2 Å². The number of hydrogen-bond donors (Lipinski definition) is 0. The van der Waals surface area contributed by atoms with Crippen molar-refractivity contribution in [3.8, 4) is 12.1 Å². The maximum absolute atomic E-state index is 9.36. The van der Waals surface area contributed by atoms with Gasteiger partial charge in [0, 0.05) is 16.2 Å². The summed E-state index contributed by atoms with van der Waals surface area (Å²) in [6.07, 6.45) is 0. The van der Waals surface area contributed by atoms with E-state index in [-0.39, 0.29) is 15.7 Å². The van der Waals surface area contributed by atoms with Gasteiger partial charge >= 0.3 is 0 Å². The van der Waals surface area contributed by atoms with Crippen molar-refractivity contribution in [2.24, 2.45) is 0 Å². The highest BCUT2D eigenvalue weighted by molar-refractivity contribution is 6.42. The van der Waals surface area contributed by atoms with Crippen molar-refractivity contribution in [1.82, 2.24) is 4.98 Å². The molecular formula is C15H5Cl2N3. The normalized spacial score (nSPS) is 10.4. The van der Waals surface area contributed by atoms with Crippen LogP contribution in [0.4, 0.5) is 0 Å². The second-order valence-electron chi connectivity index (χ2n) is 4.18. The summed E-state index contributed by atoms with van der Waals surface area (Å²) in [4.78, 5) is 4.26. The van der Waals surface area contributed by atoms with Gasteiger partial charge in [-0.25, -0.2) is 4.98 Å². The van der Waals surface area contributed by atoms with Gasteiger partial charge in [0.05, 0.1) is 21.7 Å². The van der Waals surface area contributed by atoms with Crippen molar-refractivity contribution in [1.29, 1.82) is 10.5 Å². The summed E-state index contributed by atoms with van der Waals surface area (Å²) in [5.74, 6) is 0. The van der Waals surface area contributed by atoms with Crippen LogP contribution >= 0.6 is 23.2 Å². The van der Waals surface area contributed by atoms with Crippen LogP contribution in [-0.4, -0.2) is 4.98 Å². The number of nitrogens with zero attached hydrogens (tertiary/aromatic N) is 3. The van der Waals surface area contributed by atoms with Gasteiger partial charge < -0.3 is 0 Å². The molecule has 0 aliphatic heterocycles. The van der Waals surface area contributed by atoms with Crippen molar-refractivity contribution < 1.29 is 0 Å². The number of benzene rings is 2. The van der Waals surface area contributed by atoms with E-state index in [9.17, 15) is 10.5 Å². The lowest BCUT2D eigenvalue weighted by Gasteiger charge is -2.09. The molecule has 3 nitrogen and oxygen atoms in total. The Hall–Kier alpha value is -2.33. The number of halogens is 2. The van der Waals surface area contributed by atoms with E-state index in [1.54, 1.807) is 12.1 Å². The predicted molar refractivity (Wildman–Crippen MR) is 78.7 cm³/mol. The molecule has 1 aromatic heterocycles. The molecule has 0 radical (unpaired) electrons. The fraction of sp³-hybridized carbons (Fsp3) is 0. The molecule has 0 unspecified atom stereocenters. The topological polar surface area (TPSA) is 60.5 Å². The predicted octanol–water partition coefficient (Wildman–Crippen LogP) is 4.44. The molecule has 0 atom stereocenters. The SMILES string of the molecule is N#Cc1c(C#N)c2cc(Cl)c(Cl)nc2c2ccccc12. The average molecular weight is 298 g/mol. The standard InChI is InChI=1S/C15H5Cl2N3/c16-13-5-10-12(7-19)11(6-18)8-3-1-2-4-9(8)14(10)20-15(13)17/h1-5H. The number of fused-ring (bicyclic) bond motifs is 3. The van der Waals surface area contributed by atoms with Crippen LogP contribution in [0.5, 0.6) is 0 Å². The summed E-state index contributed by atoms with van der Waals surface area (Å²) in [6, 6.07) is 13.0. The summed E-state index contributed by atoms with van der Waals surface area (Å²) in [6.45, 7) is 0. The first-order valence-corrected chi connectivity index (χ1v) is 6.43. The van der Waals surface area contributed by atoms with Crippen molar-refractivity contribution in [2.75, 3.05) is 0 Å². The van der Waals surface area contributed by atoms with Crippen LogP contribution in [0.25, 0.3) is 21.7 Å². The van der Waals surface area contributed by atoms with Gasteiger partial charge in [-0.2, -0.15) is 10.5 Å². The highest BCUT2D eigenvalue weighted by Crippen LogP contribution is 2.34. The van der Waals surface area contributed by atoms with Crippen molar-refractivity contribution in [3.05, 3.63) is 51.6 Å². The number of aromatic nitrogens is 1. The maximum Gasteiger partial charge on any atom is 0.148 e. The van der Waals surface area contributed by atoms with Crippen LogP contribution in [0.1, 0.15) is 11.1 Å². The van der Waals surface area contributed by atoms with Crippen LogP contribution in [0, 0.1) is 22.7 Å². The highest BCUT2D eigenvalue weighted by Gasteiger charge is 2.16. The van der Waals surface area contributed by atoms with E-state index in [0.29, 0.717) is 21.9 Å². The molecule has 0 N–H and O–H groups in total. The fourth-order valence-electron chi connectivity index (χ4n) is 2.27. The molecule has 0 bridgehead atoms. The molecule has 0 saturated carbocycles. The van der Waals surface area contributed by atoms with Crippen LogP contribution in [0.2, 0.25) is 10.2 Å². The third-order valence-electron chi connectivity index (χ3n) is 3.13. The van der Waals surface area contributed by atoms with Gasteiger partial charge in [-0.3, -0.25) is 0 Å². The van der Waals surface area contributed by atoms with Gasteiger partial charge in [-0.1, -0.05) is 47.5 Å². The Balaban J connectivity index is 2.71. The first-order chi connectivity index (χ1) is 9.67. The summed E-state index contributed by atoms with van der Waals surface area (Å²) in [5, 5.41) is 21.1. The molecule has 0 aliphatic carbocycles. The summed E-state index contributed by atoms with van der Waals surface area (Å²) in [5.41, 5.74) is 1.17. The molecule has 0 saturated heterocycles. The minimum atomic E-state index is 0.179. The van der Waals surface area contributed by atoms with Crippen LogP contribution < -0.4 is 0 Å². The lowest BCUT2D eigenvalue weighted by Crippen LogP contribution is -1.93.